The molecule has 7 heteroatoms. The number of nitrogens with one attached hydrogen (secondary N) is 3. The minimum Gasteiger partial charge on any atom is -0.357 e. The molecule has 27 heavy (non-hydrogen) atoms. The van der Waals surface area contributed by atoms with Crippen LogP contribution in [-0.2, 0) is 6.42 Å². The number of benzene rings is 2. The van der Waals surface area contributed by atoms with Gasteiger partial charge in [0.1, 0.15) is 5.82 Å². The van der Waals surface area contributed by atoms with Gasteiger partial charge in [-0.2, -0.15) is 0 Å². The van der Waals surface area contributed by atoms with Crippen molar-refractivity contribution in [2.45, 2.75) is 18.2 Å². The van der Waals surface area contributed by atoms with Gasteiger partial charge in [-0.3, -0.25) is 4.99 Å². The SMILES string of the molecule is CCNC(=NCCc1nc2ccccc2[nH]1)NCCSc1ccccc1.I. The molecule has 1 aromatic heterocycles. The van der Waals surface area contributed by atoms with E-state index in [-0.39, 0.29) is 24.0 Å². The van der Waals surface area contributed by atoms with Gasteiger partial charge in [0.25, 0.3) is 0 Å². The second kappa shape index (κ2) is 11.9. The fourth-order valence-electron chi connectivity index (χ4n) is 2.59. The van der Waals surface area contributed by atoms with Gasteiger partial charge in [0, 0.05) is 36.7 Å². The van der Waals surface area contributed by atoms with Gasteiger partial charge in [0.15, 0.2) is 5.96 Å². The summed E-state index contributed by atoms with van der Waals surface area (Å²) in [5, 5.41) is 6.68. The third-order valence-corrected chi connectivity index (χ3v) is 4.82. The highest BCUT2D eigenvalue weighted by Crippen LogP contribution is 2.15. The van der Waals surface area contributed by atoms with Crippen LogP contribution >= 0.6 is 35.7 Å². The first-order valence-electron chi connectivity index (χ1n) is 8.99. The van der Waals surface area contributed by atoms with Crippen molar-refractivity contribution in [2.24, 2.45) is 4.99 Å². The molecule has 2 aromatic carbocycles. The third kappa shape index (κ3) is 7.06. The highest BCUT2D eigenvalue weighted by molar-refractivity contribution is 14.0. The lowest BCUT2D eigenvalue weighted by Gasteiger charge is -2.11. The largest absolute Gasteiger partial charge is 0.357 e. The standard InChI is InChI=1S/C20H25N5S.HI/c1-2-21-20(23-14-15-26-16-8-4-3-5-9-16)22-13-12-19-24-17-10-6-7-11-18(17)25-19;/h3-11H,2,12-15H2,1H3,(H,24,25)(H2,21,22,23);1H. The predicted molar refractivity (Wildman–Crippen MR) is 126 cm³/mol. The summed E-state index contributed by atoms with van der Waals surface area (Å²) < 4.78 is 0. The molecular weight excluding hydrogens is 469 g/mol. The predicted octanol–water partition coefficient (Wildman–Crippen LogP) is 4.07. The Morgan fingerprint density at radius 2 is 1.85 bits per heavy atom. The van der Waals surface area contributed by atoms with Gasteiger partial charge in [-0.05, 0) is 31.2 Å². The molecule has 0 bridgehead atoms. The molecule has 0 saturated heterocycles. The van der Waals surface area contributed by atoms with E-state index in [1.807, 2.05) is 42.1 Å². The van der Waals surface area contributed by atoms with Crippen LogP contribution in [0.4, 0.5) is 0 Å². The fourth-order valence-corrected chi connectivity index (χ4v) is 3.38. The maximum atomic E-state index is 4.65. The van der Waals surface area contributed by atoms with Crippen molar-refractivity contribution >= 4 is 52.7 Å². The number of imidazole rings is 1. The second-order valence-electron chi connectivity index (χ2n) is 5.80. The average molecular weight is 495 g/mol. The van der Waals surface area contributed by atoms with Gasteiger partial charge in [-0.15, -0.1) is 35.7 Å². The molecule has 144 valence electrons. The number of rotatable bonds is 8. The Bertz CT molecular complexity index is 802. The van der Waals surface area contributed by atoms with E-state index >= 15 is 0 Å². The van der Waals surface area contributed by atoms with Crippen molar-refractivity contribution in [3.05, 3.63) is 60.4 Å². The number of aromatic amines is 1. The molecule has 0 atom stereocenters. The van der Waals surface area contributed by atoms with Crippen molar-refractivity contribution in [2.75, 3.05) is 25.4 Å². The van der Waals surface area contributed by atoms with Crippen molar-refractivity contribution in [1.82, 2.24) is 20.6 Å². The van der Waals surface area contributed by atoms with Crippen molar-refractivity contribution in [3.63, 3.8) is 0 Å². The van der Waals surface area contributed by atoms with Gasteiger partial charge in [-0.1, -0.05) is 30.3 Å². The molecule has 0 saturated carbocycles. The Labute approximate surface area is 181 Å². The van der Waals surface area contributed by atoms with Crippen LogP contribution in [-0.4, -0.2) is 41.3 Å². The molecule has 0 aliphatic carbocycles. The van der Waals surface area contributed by atoms with Crippen LogP contribution in [0, 0.1) is 0 Å². The summed E-state index contributed by atoms with van der Waals surface area (Å²) in [6.07, 6.45) is 0.796. The van der Waals surface area contributed by atoms with E-state index in [1.54, 1.807) is 0 Å². The zero-order valence-corrected chi connectivity index (χ0v) is 18.6. The number of fused-ring (bicyclic) bond motifs is 1. The summed E-state index contributed by atoms with van der Waals surface area (Å²) in [5.41, 5.74) is 2.09. The molecule has 0 radical (unpaired) electrons. The summed E-state index contributed by atoms with van der Waals surface area (Å²) >= 11 is 1.84. The molecule has 3 aromatic rings. The lowest BCUT2D eigenvalue weighted by molar-refractivity contribution is 0.825. The number of para-hydroxylation sites is 2. The number of hydrogen-bond acceptors (Lipinski definition) is 3. The Kier molecular flexibility index (Phi) is 9.47. The molecule has 5 nitrogen and oxygen atoms in total. The zero-order valence-electron chi connectivity index (χ0n) is 15.4. The van der Waals surface area contributed by atoms with E-state index in [1.165, 1.54) is 4.90 Å². The van der Waals surface area contributed by atoms with Crippen LogP contribution in [0.3, 0.4) is 0 Å². The van der Waals surface area contributed by atoms with E-state index < -0.39 is 0 Å². The van der Waals surface area contributed by atoms with E-state index in [4.69, 9.17) is 0 Å². The van der Waals surface area contributed by atoms with Gasteiger partial charge in [-0.25, -0.2) is 4.98 Å². The number of thioether (sulfide) groups is 1. The highest BCUT2D eigenvalue weighted by atomic mass is 127. The van der Waals surface area contributed by atoms with E-state index in [9.17, 15) is 0 Å². The molecule has 3 rings (SSSR count). The van der Waals surface area contributed by atoms with Crippen LogP contribution in [0.2, 0.25) is 0 Å². The quantitative estimate of drug-likeness (QED) is 0.145. The summed E-state index contributed by atoms with van der Waals surface area (Å²) in [6.45, 7) is 4.49. The van der Waals surface area contributed by atoms with Crippen LogP contribution in [0.25, 0.3) is 11.0 Å². The molecule has 0 unspecified atom stereocenters. The van der Waals surface area contributed by atoms with Gasteiger partial charge >= 0.3 is 0 Å². The van der Waals surface area contributed by atoms with E-state index in [2.05, 4.69) is 56.8 Å². The number of aromatic nitrogens is 2. The number of H-pyrrole nitrogens is 1. The number of hydrogen-bond donors (Lipinski definition) is 3. The number of guanidine groups is 1. The summed E-state index contributed by atoms with van der Waals surface area (Å²) in [4.78, 5) is 13.9. The molecule has 0 fully saturated rings. The number of halogens is 1. The molecule has 3 N–H and O–H groups in total. The van der Waals surface area contributed by atoms with Crippen LogP contribution in [0.1, 0.15) is 12.7 Å². The Morgan fingerprint density at radius 1 is 1.07 bits per heavy atom. The third-order valence-electron chi connectivity index (χ3n) is 3.81. The summed E-state index contributed by atoms with van der Waals surface area (Å²) in [6, 6.07) is 18.5. The Balaban J connectivity index is 0.00000261. The van der Waals surface area contributed by atoms with E-state index in [0.717, 1.165) is 48.1 Å². The zero-order chi connectivity index (χ0) is 18.0. The van der Waals surface area contributed by atoms with Crippen LogP contribution in [0.15, 0.2) is 64.5 Å². The number of nitrogens with zero attached hydrogens (tertiary/aromatic N) is 2. The van der Waals surface area contributed by atoms with Crippen LogP contribution < -0.4 is 10.6 Å². The van der Waals surface area contributed by atoms with Crippen molar-refractivity contribution < 1.29 is 0 Å². The average Bonchev–Trinajstić information content (AvgIpc) is 3.09. The first-order chi connectivity index (χ1) is 12.8. The van der Waals surface area contributed by atoms with Crippen molar-refractivity contribution in [1.29, 1.82) is 0 Å². The second-order valence-corrected chi connectivity index (χ2v) is 6.97. The molecule has 0 spiro atoms. The summed E-state index contributed by atoms with van der Waals surface area (Å²) in [5.74, 6) is 2.83. The molecule has 0 aliphatic heterocycles. The first-order valence-corrected chi connectivity index (χ1v) is 9.97. The van der Waals surface area contributed by atoms with Gasteiger partial charge in [0.05, 0.1) is 11.0 Å². The highest BCUT2D eigenvalue weighted by Gasteiger charge is 2.02. The molecule has 0 aliphatic rings. The molecular formula is C20H26IN5S. The number of aliphatic imine (C=N–C) groups is 1. The van der Waals surface area contributed by atoms with Crippen molar-refractivity contribution in [3.8, 4) is 0 Å². The van der Waals surface area contributed by atoms with Gasteiger partial charge in [0.2, 0.25) is 0 Å². The normalized spacial score (nSPS) is 11.2. The lowest BCUT2D eigenvalue weighted by atomic mass is 10.3. The maximum absolute atomic E-state index is 4.65. The minimum atomic E-state index is 0. The minimum absolute atomic E-state index is 0. The monoisotopic (exact) mass is 495 g/mol. The fraction of sp³-hybridized carbons (Fsp3) is 0.300. The van der Waals surface area contributed by atoms with Gasteiger partial charge < -0.3 is 15.6 Å². The first kappa shape index (κ1) is 21.6. The summed E-state index contributed by atoms with van der Waals surface area (Å²) in [7, 11) is 0. The molecule has 1 heterocycles. The van der Waals surface area contributed by atoms with E-state index in [0.29, 0.717) is 6.54 Å². The Morgan fingerprint density at radius 3 is 2.63 bits per heavy atom. The molecule has 0 amide bonds. The Hall–Kier alpha value is -1.74. The smallest absolute Gasteiger partial charge is 0.191 e. The maximum Gasteiger partial charge on any atom is 0.191 e. The lowest BCUT2D eigenvalue weighted by Crippen LogP contribution is -2.38. The topological polar surface area (TPSA) is 65.1 Å². The van der Waals surface area contributed by atoms with Crippen LogP contribution in [0.5, 0.6) is 0 Å².